The third-order valence-electron chi connectivity index (χ3n) is 4.15. The summed E-state index contributed by atoms with van der Waals surface area (Å²) < 4.78 is 54.0. The molecule has 0 saturated heterocycles. The van der Waals surface area contributed by atoms with E-state index in [0.29, 0.717) is 17.0 Å². The van der Waals surface area contributed by atoms with Crippen LogP contribution in [0.2, 0.25) is 0 Å². The van der Waals surface area contributed by atoms with E-state index in [0.717, 1.165) is 4.52 Å². The Morgan fingerprint density at radius 2 is 1.86 bits per heavy atom. The molecule has 4 rings (SSSR count). The van der Waals surface area contributed by atoms with E-state index in [9.17, 15) is 17.6 Å². The number of nitrogens with one attached hydrogen (secondary N) is 1. The third-order valence-corrected chi connectivity index (χ3v) is 4.15. The number of halogens is 4. The van der Waals surface area contributed by atoms with Crippen molar-refractivity contribution < 1.29 is 17.6 Å². The molecule has 1 unspecified atom stereocenters. The summed E-state index contributed by atoms with van der Waals surface area (Å²) in [5.41, 5.74) is 1.54. The largest absolute Gasteiger partial charge is 0.453 e. The zero-order chi connectivity index (χ0) is 20.6. The average molecular weight is 402 g/mol. The first-order valence-electron chi connectivity index (χ1n) is 8.56. The van der Waals surface area contributed by atoms with Crippen molar-refractivity contribution in [2.24, 2.45) is 0 Å². The highest BCUT2D eigenvalue weighted by Gasteiger charge is 2.37. The molecule has 0 spiro atoms. The number of aromatic nitrogens is 5. The molecule has 10 heteroatoms. The van der Waals surface area contributed by atoms with Gasteiger partial charge in [-0.25, -0.2) is 9.37 Å². The van der Waals surface area contributed by atoms with Gasteiger partial charge in [-0.2, -0.15) is 22.7 Å². The van der Waals surface area contributed by atoms with Crippen LogP contribution in [0.25, 0.3) is 5.78 Å². The Balaban J connectivity index is 1.84. The van der Waals surface area contributed by atoms with Gasteiger partial charge in [-0.15, -0.1) is 5.10 Å². The van der Waals surface area contributed by atoms with Gasteiger partial charge in [-0.05, 0) is 36.8 Å². The number of rotatable bonds is 4. The van der Waals surface area contributed by atoms with E-state index in [1.54, 1.807) is 43.5 Å². The number of aryl methyl sites for hydroxylation is 1. The summed E-state index contributed by atoms with van der Waals surface area (Å²) in [4.78, 5) is 11.8. The van der Waals surface area contributed by atoms with Crippen molar-refractivity contribution in [3.63, 3.8) is 0 Å². The topological polar surface area (TPSA) is 68.0 Å². The number of benzene rings is 1. The maximum Gasteiger partial charge on any atom is 0.453 e. The van der Waals surface area contributed by atoms with Crippen molar-refractivity contribution in [1.29, 1.82) is 0 Å². The summed E-state index contributed by atoms with van der Waals surface area (Å²) in [6.45, 7) is 1.63. The van der Waals surface area contributed by atoms with E-state index in [2.05, 4.69) is 25.4 Å². The van der Waals surface area contributed by atoms with Gasteiger partial charge in [0.25, 0.3) is 11.6 Å². The van der Waals surface area contributed by atoms with E-state index in [1.165, 1.54) is 18.2 Å². The normalized spacial score (nSPS) is 12.9. The molecular weight excluding hydrogens is 388 g/mol. The van der Waals surface area contributed by atoms with Crippen LogP contribution in [-0.4, -0.2) is 24.6 Å². The Labute approximate surface area is 162 Å². The molecule has 148 valence electrons. The molecule has 3 aromatic heterocycles. The number of pyridine rings is 1. The fraction of sp³-hybridized carbons (Fsp3) is 0.158. The minimum absolute atomic E-state index is 0.196. The van der Waals surface area contributed by atoms with Gasteiger partial charge in [0.05, 0.1) is 11.7 Å². The van der Waals surface area contributed by atoms with Crippen LogP contribution in [0.5, 0.6) is 0 Å². The fourth-order valence-electron chi connectivity index (χ4n) is 2.92. The lowest BCUT2D eigenvalue weighted by Crippen LogP contribution is -2.17. The second-order valence-electron chi connectivity index (χ2n) is 6.31. The Morgan fingerprint density at radius 3 is 2.55 bits per heavy atom. The van der Waals surface area contributed by atoms with Gasteiger partial charge < -0.3 is 5.32 Å². The quantitative estimate of drug-likeness (QED) is 0.519. The van der Waals surface area contributed by atoms with E-state index >= 15 is 0 Å². The Morgan fingerprint density at radius 1 is 1.03 bits per heavy atom. The van der Waals surface area contributed by atoms with Gasteiger partial charge in [0.15, 0.2) is 0 Å². The SMILES string of the molecule is Cc1cc(NC(c2cccc(F)c2)c2ccccn2)n2nc(C(F)(F)F)nc2n1. The monoisotopic (exact) mass is 402 g/mol. The van der Waals surface area contributed by atoms with Crippen molar-refractivity contribution in [3.05, 3.63) is 83.3 Å². The third kappa shape index (κ3) is 3.86. The second-order valence-corrected chi connectivity index (χ2v) is 6.31. The summed E-state index contributed by atoms with van der Waals surface area (Å²) in [5, 5.41) is 6.66. The van der Waals surface area contributed by atoms with Crippen molar-refractivity contribution in [1.82, 2.24) is 24.6 Å². The predicted molar refractivity (Wildman–Crippen MR) is 96.6 cm³/mol. The lowest BCUT2D eigenvalue weighted by Gasteiger charge is -2.20. The first kappa shape index (κ1) is 18.8. The molecule has 0 aliphatic heterocycles. The molecule has 0 fully saturated rings. The maximum absolute atomic E-state index is 13.8. The van der Waals surface area contributed by atoms with Gasteiger partial charge in [0, 0.05) is 18.0 Å². The van der Waals surface area contributed by atoms with Crippen LogP contribution in [-0.2, 0) is 6.18 Å². The highest BCUT2D eigenvalue weighted by atomic mass is 19.4. The standard InChI is InChI=1S/C19H14F4N6/c1-11-9-15(29-18(25-11)27-17(28-29)19(21,22)23)26-16(14-7-2-3-8-24-14)12-5-4-6-13(20)10-12/h2-10,16,26H,1H3. The zero-order valence-electron chi connectivity index (χ0n) is 15.0. The van der Waals surface area contributed by atoms with Crippen molar-refractivity contribution in [3.8, 4) is 0 Å². The van der Waals surface area contributed by atoms with Gasteiger partial charge in [0.2, 0.25) is 0 Å². The molecule has 1 N–H and O–H groups in total. The van der Waals surface area contributed by atoms with Crippen molar-refractivity contribution >= 4 is 11.6 Å². The first-order valence-corrected chi connectivity index (χ1v) is 8.56. The molecule has 4 aromatic rings. The maximum atomic E-state index is 13.8. The Kier molecular flexibility index (Phi) is 4.61. The fourth-order valence-corrected chi connectivity index (χ4v) is 2.92. The van der Waals surface area contributed by atoms with Crippen LogP contribution in [0.15, 0.2) is 54.7 Å². The summed E-state index contributed by atoms with van der Waals surface area (Å²) >= 11 is 0. The van der Waals surface area contributed by atoms with Gasteiger partial charge in [-0.1, -0.05) is 18.2 Å². The smallest absolute Gasteiger partial charge is 0.357 e. The number of alkyl halides is 3. The summed E-state index contributed by atoms with van der Waals surface area (Å²) in [7, 11) is 0. The van der Waals surface area contributed by atoms with Crippen LogP contribution >= 0.6 is 0 Å². The minimum Gasteiger partial charge on any atom is -0.357 e. The number of fused-ring (bicyclic) bond motifs is 1. The average Bonchev–Trinajstić information content (AvgIpc) is 3.11. The van der Waals surface area contributed by atoms with Gasteiger partial charge >= 0.3 is 6.18 Å². The molecule has 0 radical (unpaired) electrons. The Hall–Kier alpha value is -3.56. The minimum atomic E-state index is -4.71. The molecular formula is C19H14F4N6. The van der Waals surface area contributed by atoms with Crippen LogP contribution in [0.3, 0.4) is 0 Å². The van der Waals surface area contributed by atoms with Gasteiger partial charge in [0.1, 0.15) is 11.6 Å². The molecule has 6 nitrogen and oxygen atoms in total. The molecule has 0 aliphatic carbocycles. The summed E-state index contributed by atoms with van der Waals surface area (Å²) in [6, 6.07) is 12.0. The molecule has 0 bridgehead atoms. The highest BCUT2D eigenvalue weighted by molar-refractivity contribution is 5.49. The Bertz CT molecular complexity index is 1160. The molecule has 1 atom stereocenters. The van der Waals surface area contributed by atoms with Crippen LogP contribution in [0.4, 0.5) is 23.4 Å². The molecule has 3 heterocycles. The van der Waals surface area contributed by atoms with Gasteiger partial charge in [-0.3, -0.25) is 4.98 Å². The van der Waals surface area contributed by atoms with E-state index in [4.69, 9.17) is 0 Å². The van der Waals surface area contributed by atoms with E-state index in [-0.39, 0.29) is 11.6 Å². The molecule has 29 heavy (non-hydrogen) atoms. The van der Waals surface area contributed by atoms with Crippen LogP contribution < -0.4 is 5.32 Å². The van der Waals surface area contributed by atoms with Crippen LogP contribution in [0.1, 0.15) is 28.8 Å². The number of anilines is 1. The summed E-state index contributed by atoms with van der Waals surface area (Å²) in [6.07, 6.45) is -3.13. The molecule has 0 amide bonds. The van der Waals surface area contributed by atoms with E-state index < -0.39 is 23.9 Å². The van der Waals surface area contributed by atoms with Crippen LogP contribution in [0, 0.1) is 12.7 Å². The van der Waals surface area contributed by atoms with Crippen molar-refractivity contribution in [2.75, 3.05) is 5.32 Å². The molecule has 0 aliphatic rings. The second kappa shape index (κ2) is 7.12. The zero-order valence-corrected chi connectivity index (χ0v) is 15.0. The predicted octanol–water partition coefficient (Wildman–Crippen LogP) is 4.19. The lowest BCUT2D eigenvalue weighted by molar-refractivity contribution is -0.144. The lowest BCUT2D eigenvalue weighted by atomic mass is 10.0. The number of hydrogen-bond donors (Lipinski definition) is 1. The van der Waals surface area contributed by atoms with Crippen molar-refractivity contribution in [2.45, 2.75) is 19.1 Å². The summed E-state index contributed by atoms with van der Waals surface area (Å²) in [5.74, 6) is -1.71. The highest BCUT2D eigenvalue weighted by Crippen LogP contribution is 2.29. The van der Waals surface area contributed by atoms with E-state index in [1.807, 2.05) is 0 Å². The molecule has 1 aromatic carbocycles. The first-order chi connectivity index (χ1) is 13.8. The number of hydrogen-bond acceptors (Lipinski definition) is 5. The molecule has 0 saturated carbocycles. The number of nitrogens with zero attached hydrogens (tertiary/aromatic N) is 5.